The molecule has 1 aliphatic carbocycles. The summed E-state index contributed by atoms with van der Waals surface area (Å²) in [5.41, 5.74) is 1.10. The highest BCUT2D eigenvalue weighted by atomic mass is 35.5. The molecule has 2 rings (SSSR count). The molecule has 0 spiro atoms. The summed E-state index contributed by atoms with van der Waals surface area (Å²) in [6.45, 7) is 0. The number of rotatable bonds is 5. The third-order valence-corrected chi connectivity index (χ3v) is 5.72. The molecular formula is C16H21Cl2NOS. The van der Waals surface area contributed by atoms with Crippen molar-refractivity contribution in [3.63, 3.8) is 0 Å². The van der Waals surface area contributed by atoms with Crippen LogP contribution in [0.15, 0.2) is 18.2 Å². The standard InChI is InChI=1S/C16H21Cl2NOS/c1-19(13-5-3-2-4-6-13)16(20)11-21-10-12-7-8-14(17)15(18)9-12/h7-9,13H,2-6,10-11H2,1H3. The molecule has 1 saturated carbocycles. The predicted molar refractivity (Wildman–Crippen MR) is 92.3 cm³/mol. The highest BCUT2D eigenvalue weighted by Gasteiger charge is 2.21. The highest BCUT2D eigenvalue weighted by molar-refractivity contribution is 7.99. The van der Waals surface area contributed by atoms with E-state index in [1.165, 1.54) is 19.3 Å². The number of carbonyl (C=O) groups is 1. The minimum Gasteiger partial charge on any atom is -0.342 e. The van der Waals surface area contributed by atoms with Crippen LogP contribution in [0.25, 0.3) is 0 Å². The number of hydrogen-bond acceptors (Lipinski definition) is 2. The Morgan fingerprint density at radius 3 is 2.62 bits per heavy atom. The van der Waals surface area contributed by atoms with Crippen LogP contribution in [0.5, 0.6) is 0 Å². The lowest BCUT2D eigenvalue weighted by molar-refractivity contribution is -0.129. The van der Waals surface area contributed by atoms with Gasteiger partial charge in [0.2, 0.25) is 5.91 Å². The summed E-state index contributed by atoms with van der Waals surface area (Å²) < 4.78 is 0. The maximum atomic E-state index is 12.2. The molecule has 1 aromatic rings. The van der Waals surface area contributed by atoms with E-state index in [1.54, 1.807) is 17.8 Å². The lowest BCUT2D eigenvalue weighted by atomic mass is 9.94. The molecule has 0 aromatic heterocycles. The van der Waals surface area contributed by atoms with Crippen molar-refractivity contribution in [1.82, 2.24) is 4.90 Å². The van der Waals surface area contributed by atoms with Crippen molar-refractivity contribution in [3.8, 4) is 0 Å². The zero-order valence-corrected chi connectivity index (χ0v) is 14.6. The molecule has 21 heavy (non-hydrogen) atoms. The molecule has 0 heterocycles. The van der Waals surface area contributed by atoms with Gasteiger partial charge in [-0.25, -0.2) is 0 Å². The molecule has 0 atom stereocenters. The molecule has 0 saturated heterocycles. The van der Waals surface area contributed by atoms with E-state index in [-0.39, 0.29) is 5.91 Å². The number of halogens is 2. The molecule has 2 nitrogen and oxygen atoms in total. The van der Waals surface area contributed by atoms with E-state index < -0.39 is 0 Å². The summed E-state index contributed by atoms with van der Waals surface area (Å²) in [5, 5.41) is 1.14. The van der Waals surface area contributed by atoms with Crippen molar-refractivity contribution in [2.24, 2.45) is 0 Å². The maximum Gasteiger partial charge on any atom is 0.232 e. The van der Waals surface area contributed by atoms with Crippen LogP contribution in [-0.2, 0) is 10.5 Å². The lowest BCUT2D eigenvalue weighted by Gasteiger charge is -2.31. The van der Waals surface area contributed by atoms with E-state index in [0.717, 1.165) is 24.2 Å². The zero-order valence-electron chi connectivity index (χ0n) is 12.3. The third kappa shape index (κ3) is 5.08. The van der Waals surface area contributed by atoms with Crippen LogP contribution in [0.3, 0.4) is 0 Å². The summed E-state index contributed by atoms with van der Waals surface area (Å²) in [6, 6.07) is 6.07. The molecule has 0 unspecified atom stereocenters. The van der Waals surface area contributed by atoms with Crippen LogP contribution in [0.1, 0.15) is 37.7 Å². The van der Waals surface area contributed by atoms with Gasteiger partial charge in [0.15, 0.2) is 0 Å². The average Bonchev–Trinajstić information content (AvgIpc) is 2.51. The van der Waals surface area contributed by atoms with Gasteiger partial charge in [-0.1, -0.05) is 48.5 Å². The molecule has 5 heteroatoms. The van der Waals surface area contributed by atoms with E-state index in [0.29, 0.717) is 21.8 Å². The van der Waals surface area contributed by atoms with Gasteiger partial charge in [-0.3, -0.25) is 4.79 Å². The number of hydrogen-bond donors (Lipinski definition) is 0. The Kier molecular flexibility index (Phi) is 6.72. The first kappa shape index (κ1) is 17.0. The Bertz CT molecular complexity index is 489. The van der Waals surface area contributed by atoms with Crippen molar-refractivity contribution in [2.75, 3.05) is 12.8 Å². The van der Waals surface area contributed by atoms with Gasteiger partial charge in [-0.05, 0) is 30.5 Å². The topological polar surface area (TPSA) is 20.3 Å². The maximum absolute atomic E-state index is 12.2. The largest absolute Gasteiger partial charge is 0.342 e. The monoisotopic (exact) mass is 345 g/mol. The molecule has 0 N–H and O–H groups in total. The van der Waals surface area contributed by atoms with Crippen LogP contribution < -0.4 is 0 Å². The van der Waals surface area contributed by atoms with E-state index in [2.05, 4.69) is 0 Å². The SMILES string of the molecule is CN(C(=O)CSCc1ccc(Cl)c(Cl)c1)C1CCCCC1. The van der Waals surface area contributed by atoms with Gasteiger partial charge >= 0.3 is 0 Å². The fraction of sp³-hybridized carbons (Fsp3) is 0.562. The van der Waals surface area contributed by atoms with Crippen molar-refractivity contribution >= 4 is 40.9 Å². The molecule has 0 radical (unpaired) electrons. The van der Waals surface area contributed by atoms with Crippen LogP contribution in [0.4, 0.5) is 0 Å². The van der Waals surface area contributed by atoms with Crippen LogP contribution in [-0.4, -0.2) is 29.6 Å². The first-order valence-electron chi connectivity index (χ1n) is 7.35. The second-order valence-electron chi connectivity index (χ2n) is 5.54. The van der Waals surface area contributed by atoms with E-state index >= 15 is 0 Å². The van der Waals surface area contributed by atoms with Crippen LogP contribution in [0, 0.1) is 0 Å². The van der Waals surface area contributed by atoms with Gasteiger partial charge < -0.3 is 4.90 Å². The van der Waals surface area contributed by atoms with E-state index in [9.17, 15) is 4.79 Å². The number of thioether (sulfide) groups is 1. The molecular weight excluding hydrogens is 325 g/mol. The normalized spacial score (nSPS) is 16.0. The summed E-state index contributed by atoms with van der Waals surface area (Å²) >= 11 is 13.5. The summed E-state index contributed by atoms with van der Waals surface area (Å²) in [7, 11) is 1.94. The predicted octanol–water partition coefficient (Wildman–Crippen LogP) is 5.02. The molecule has 1 aliphatic rings. The first-order chi connectivity index (χ1) is 10.1. The van der Waals surface area contributed by atoms with Crippen LogP contribution in [0.2, 0.25) is 10.0 Å². The zero-order chi connectivity index (χ0) is 15.2. The first-order valence-corrected chi connectivity index (χ1v) is 9.26. The van der Waals surface area contributed by atoms with Gasteiger partial charge in [0, 0.05) is 18.8 Å². The van der Waals surface area contributed by atoms with Crippen molar-refractivity contribution < 1.29 is 4.79 Å². The fourth-order valence-electron chi connectivity index (χ4n) is 2.66. The van der Waals surface area contributed by atoms with E-state index in [1.807, 2.05) is 24.1 Å². The van der Waals surface area contributed by atoms with Crippen molar-refractivity contribution in [2.45, 2.75) is 43.9 Å². The summed E-state index contributed by atoms with van der Waals surface area (Å²) in [4.78, 5) is 14.2. The van der Waals surface area contributed by atoms with E-state index in [4.69, 9.17) is 23.2 Å². The number of amides is 1. The number of carbonyl (C=O) groups excluding carboxylic acids is 1. The Morgan fingerprint density at radius 1 is 1.24 bits per heavy atom. The highest BCUT2D eigenvalue weighted by Crippen LogP contribution is 2.25. The smallest absolute Gasteiger partial charge is 0.232 e. The molecule has 116 valence electrons. The Labute approximate surface area is 141 Å². The number of benzene rings is 1. The molecule has 1 aromatic carbocycles. The van der Waals surface area contributed by atoms with Gasteiger partial charge in [-0.2, -0.15) is 0 Å². The second-order valence-corrected chi connectivity index (χ2v) is 7.34. The van der Waals surface area contributed by atoms with Crippen molar-refractivity contribution in [1.29, 1.82) is 0 Å². The molecule has 1 amide bonds. The minimum absolute atomic E-state index is 0.229. The third-order valence-electron chi connectivity index (χ3n) is 3.99. The summed E-state index contributed by atoms with van der Waals surface area (Å²) in [5.74, 6) is 1.53. The van der Waals surface area contributed by atoms with Gasteiger partial charge in [0.1, 0.15) is 0 Å². The molecule has 0 aliphatic heterocycles. The Balaban J connectivity index is 1.76. The van der Waals surface area contributed by atoms with Gasteiger partial charge in [0.05, 0.1) is 15.8 Å². The summed E-state index contributed by atoms with van der Waals surface area (Å²) in [6.07, 6.45) is 6.11. The van der Waals surface area contributed by atoms with Gasteiger partial charge in [-0.15, -0.1) is 11.8 Å². The Morgan fingerprint density at radius 2 is 1.95 bits per heavy atom. The fourth-order valence-corrected chi connectivity index (χ4v) is 3.88. The van der Waals surface area contributed by atoms with Crippen LogP contribution >= 0.6 is 35.0 Å². The quantitative estimate of drug-likeness (QED) is 0.746. The number of nitrogens with zero attached hydrogens (tertiary/aromatic N) is 1. The molecule has 0 bridgehead atoms. The molecule has 1 fully saturated rings. The average molecular weight is 346 g/mol. The van der Waals surface area contributed by atoms with Crippen molar-refractivity contribution in [3.05, 3.63) is 33.8 Å². The second kappa shape index (κ2) is 8.30. The lowest BCUT2D eigenvalue weighted by Crippen LogP contribution is -2.39. The minimum atomic E-state index is 0.229. The van der Waals surface area contributed by atoms with Gasteiger partial charge in [0.25, 0.3) is 0 Å². The Hall–Kier alpha value is -0.380.